The normalized spacial score (nSPS) is 41.6. The Kier molecular flexibility index (Phi) is 2.11. The monoisotopic (exact) mass is 208 g/mol. The molecule has 2 nitrogen and oxygen atoms in total. The van der Waals surface area contributed by atoms with Gasteiger partial charge in [-0.3, -0.25) is 0 Å². The molecule has 0 radical (unpaired) electrons. The third-order valence-corrected chi connectivity index (χ3v) is 5.18. The van der Waals surface area contributed by atoms with Crippen molar-refractivity contribution in [2.24, 2.45) is 11.8 Å². The van der Waals surface area contributed by atoms with Gasteiger partial charge in [-0.25, -0.2) is 8.42 Å². The first kappa shape index (κ1) is 8.82. The van der Waals surface area contributed by atoms with Gasteiger partial charge in [-0.1, -0.05) is 12.8 Å². The van der Waals surface area contributed by atoms with Crippen LogP contribution in [0.3, 0.4) is 0 Å². The van der Waals surface area contributed by atoms with Gasteiger partial charge in [0.05, 0.1) is 5.25 Å². The molecule has 0 saturated heterocycles. The number of hydrogen-bond acceptors (Lipinski definition) is 2. The number of halogens is 1. The summed E-state index contributed by atoms with van der Waals surface area (Å²) in [5.41, 5.74) is 0. The van der Waals surface area contributed by atoms with Crippen LogP contribution in [-0.2, 0) is 9.05 Å². The van der Waals surface area contributed by atoms with Gasteiger partial charge in [0.15, 0.2) is 0 Å². The van der Waals surface area contributed by atoms with Crippen molar-refractivity contribution in [2.45, 2.75) is 37.4 Å². The topological polar surface area (TPSA) is 34.1 Å². The molecule has 2 unspecified atom stereocenters. The van der Waals surface area contributed by atoms with Crippen LogP contribution in [-0.4, -0.2) is 13.7 Å². The van der Waals surface area contributed by atoms with E-state index in [1.165, 1.54) is 19.3 Å². The Hall–Kier alpha value is 0.240. The second kappa shape index (κ2) is 2.88. The average molecular weight is 209 g/mol. The summed E-state index contributed by atoms with van der Waals surface area (Å²) in [5.74, 6) is 1.28. The molecule has 2 aliphatic rings. The van der Waals surface area contributed by atoms with Gasteiger partial charge in [0.1, 0.15) is 0 Å². The van der Waals surface area contributed by atoms with Gasteiger partial charge >= 0.3 is 0 Å². The lowest BCUT2D eigenvalue weighted by atomic mass is 9.89. The highest BCUT2D eigenvalue weighted by atomic mass is 35.7. The standard InChI is InChI=1S/C8H13ClO2S/c9-12(10,11)8-4-6-1-2-7(3-6)5-8/h6-8H,1-5H2. The number of rotatable bonds is 1. The second-order valence-corrected chi connectivity index (χ2v) is 7.02. The highest BCUT2D eigenvalue weighted by Crippen LogP contribution is 2.44. The molecule has 0 N–H and O–H groups in total. The first-order valence-corrected chi connectivity index (χ1v) is 6.86. The third kappa shape index (κ3) is 1.62. The van der Waals surface area contributed by atoms with Crippen LogP contribution < -0.4 is 0 Å². The quantitative estimate of drug-likeness (QED) is 0.619. The van der Waals surface area contributed by atoms with Crippen LogP contribution in [0.15, 0.2) is 0 Å². The molecule has 0 heterocycles. The minimum atomic E-state index is -3.28. The summed E-state index contributed by atoms with van der Waals surface area (Å²) >= 11 is 0. The maximum atomic E-state index is 11.1. The molecule has 2 rings (SSSR count). The van der Waals surface area contributed by atoms with Crippen LogP contribution in [0.4, 0.5) is 0 Å². The molecule has 0 spiro atoms. The second-order valence-electron chi connectivity index (χ2n) is 4.11. The molecule has 70 valence electrons. The highest BCUT2D eigenvalue weighted by molar-refractivity contribution is 8.14. The predicted molar refractivity (Wildman–Crippen MR) is 48.6 cm³/mol. The molecule has 0 aromatic rings. The summed E-state index contributed by atoms with van der Waals surface area (Å²) in [5, 5.41) is -0.245. The van der Waals surface area contributed by atoms with E-state index in [0.717, 1.165) is 12.8 Å². The summed E-state index contributed by atoms with van der Waals surface area (Å²) in [7, 11) is 2.06. The van der Waals surface area contributed by atoms with Crippen LogP contribution in [0.2, 0.25) is 0 Å². The van der Waals surface area contributed by atoms with Gasteiger partial charge in [0.2, 0.25) is 9.05 Å². The summed E-state index contributed by atoms with van der Waals surface area (Å²) < 4.78 is 22.1. The first-order chi connectivity index (χ1) is 5.55. The fraction of sp³-hybridized carbons (Fsp3) is 1.00. The van der Waals surface area contributed by atoms with Crippen molar-refractivity contribution >= 4 is 19.7 Å². The van der Waals surface area contributed by atoms with Gasteiger partial charge in [0, 0.05) is 10.7 Å². The molecule has 4 heteroatoms. The van der Waals surface area contributed by atoms with Crippen LogP contribution in [0.1, 0.15) is 32.1 Å². The predicted octanol–water partition coefficient (Wildman–Crippen LogP) is 2.13. The van der Waals surface area contributed by atoms with E-state index in [9.17, 15) is 8.42 Å². The molecule has 0 aromatic heterocycles. The van der Waals surface area contributed by atoms with Gasteiger partial charge in [-0.2, -0.15) is 0 Å². The number of hydrogen-bond donors (Lipinski definition) is 0. The molecule has 2 saturated carbocycles. The first-order valence-electron chi connectivity index (χ1n) is 4.49. The SMILES string of the molecule is O=S(=O)(Cl)C1CC2CCC(C2)C1. The maximum Gasteiger partial charge on any atom is 0.235 e. The zero-order valence-electron chi connectivity index (χ0n) is 6.87. The molecular weight excluding hydrogens is 196 g/mol. The van der Waals surface area contributed by atoms with Crippen molar-refractivity contribution in [1.29, 1.82) is 0 Å². The molecule has 2 aliphatic carbocycles. The molecule has 12 heavy (non-hydrogen) atoms. The molecule has 2 atom stereocenters. The summed E-state index contributed by atoms with van der Waals surface area (Å²) in [6.07, 6.45) is 5.29. The highest BCUT2D eigenvalue weighted by Gasteiger charge is 2.38. The van der Waals surface area contributed by atoms with Crippen molar-refractivity contribution in [3.63, 3.8) is 0 Å². The van der Waals surface area contributed by atoms with Crippen molar-refractivity contribution in [1.82, 2.24) is 0 Å². The summed E-state index contributed by atoms with van der Waals surface area (Å²) in [6, 6.07) is 0. The van der Waals surface area contributed by atoms with Crippen molar-refractivity contribution in [2.75, 3.05) is 0 Å². The van der Waals surface area contributed by atoms with E-state index in [1.807, 2.05) is 0 Å². The Labute approximate surface area is 77.7 Å². The molecular formula is C8H13ClO2S. The van der Waals surface area contributed by atoms with Crippen molar-refractivity contribution < 1.29 is 8.42 Å². The summed E-state index contributed by atoms with van der Waals surface area (Å²) in [6.45, 7) is 0. The minimum Gasteiger partial charge on any atom is -0.212 e. The van der Waals surface area contributed by atoms with Crippen molar-refractivity contribution in [3.05, 3.63) is 0 Å². The van der Waals surface area contributed by atoms with E-state index in [1.54, 1.807) is 0 Å². The van der Waals surface area contributed by atoms with Gasteiger partial charge < -0.3 is 0 Å². The van der Waals surface area contributed by atoms with E-state index < -0.39 is 9.05 Å². The number of fused-ring (bicyclic) bond motifs is 2. The lowest BCUT2D eigenvalue weighted by Gasteiger charge is -2.24. The van der Waals surface area contributed by atoms with Crippen LogP contribution in [0.25, 0.3) is 0 Å². The zero-order valence-corrected chi connectivity index (χ0v) is 8.44. The van der Waals surface area contributed by atoms with Crippen LogP contribution in [0.5, 0.6) is 0 Å². The summed E-state index contributed by atoms with van der Waals surface area (Å²) in [4.78, 5) is 0. The lowest BCUT2D eigenvalue weighted by Crippen LogP contribution is -2.25. The molecule has 2 fully saturated rings. The van der Waals surface area contributed by atoms with E-state index in [4.69, 9.17) is 10.7 Å². The smallest absolute Gasteiger partial charge is 0.212 e. The van der Waals surface area contributed by atoms with Gasteiger partial charge in [0.25, 0.3) is 0 Å². The van der Waals surface area contributed by atoms with Gasteiger partial charge in [-0.05, 0) is 31.1 Å². The molecule has 0 aromatic carbocycles. The Morgan fingerprint density at radius 2 is 1.50 bits per heavy atom. The molecule has 2 bridgehead atoms. The Morgan fingerprint density at radius 1 is 1.00 bits per heavy atom. The third-order valence-electron chi connectivity index (χ3n) is 3.24. The maximum absolute atomic E-state index is 11.1. The lowest BCUT2D eigenvalue weighted by molar-refractivity contribution is 0.359. The van der Waals surface area contributed by atoms with E-state index in [2.05, 4.69) is 0 Å². The van der Waals surface area contributed by atoms with E-state index >= 15 is 0 Å². The van der Waals surface area contributed by atoms with Crippen molar-refractivity contribution in [3.8, 4) is 0 Å². The Morgan fingerprint density at radius 3 is 1.92 bits per heavy atom. The average Bonchev–Trinajstić information content (AvgIpc) is 2.28. The molecule has 0 amide bonds. The Balaban J connectivity index is 2.13. The fourth-order valence-electron chi connectivity index (χ4n) is 2.68. The fourth-order valence-corrected chi connectivity index (χ4v) is 4.12. The van der Waals surface area contributed by atoms with Crippen LogP contribution in [0, 0.1) is 11.8 Å². The minimum absolute atomic E-state index is 0.245. The van der Waals surface area contributed by atoms with E-state index in [-0.39, 0.29) is 5.25 Å². The van der Waals surface area contributed by atoms with Crippen LogP contribution >= 0.6 is 10.7 Å². The largest absolute Gasteiger partial charge is 0.235 e. The molecule has 0 aliphatic heterocycles. The van der Waals surface area contributed by atoms with Gasteiger partial charge in [-0.15, -0.1) is 0 Å². The Bertz CT molecular complexity index is 261. The van der Waals surface area contributed by atoms with E-state index in [0.29, 0.717) is 11.8 Å². The zero-order chi connectivity index (χ0) is 8.77.